The number of likely N-dealkylation sites (N-methyl/N-ethyl adjacent to an activating group) is 1. The number of ether oxygens (including phenoxy) is 2. The van der Waals surface area contributed by atoms with E-state index in [1.165, 1.54) is 57.7 Å². The first kappa shape index (κ1) is 22.5. The highest BCUT2D eigenvalue weighted by Gasteiger charge is 2.23. The van der Waals surface area contributed by atoms with Gasteiger partial charge in [-0.25, -0.2) is 8.42 Å². The van der Waals surface area contributed by atoms with Crippen LogP contribution in [0.1, 0.15) is 10.4 Å². The van der Waals surface area contributed by atoms with Crippen molar-refractivity contribution in [3.05, 3.63) is 53.1 Å². The van der Waals surface area contributed by atoms with E-state index in [1.807, 2.05) is 0 Å². The molecule has 0 unspecified atom stereocenters. The second-order valence-corrected chi connectivity index (χ2v) is 8.26. The third-order valence-electron chi connectivity index (χ3n) is 3.86. The van der Waals surface area contributed by atoms with Gasteiger partial charge >= 0.3 is 0 Å². The Balaban J connectivity index is 1.99. The zero-order valence-corrected chi connectivity index (χ0v) is 17.5. The summed E-state index contributed by atoms with van der Waals surface area (Å²) in [6.45, 7) is -0.509. The molecule has 2 aromatic rings. The first-order valence-corrected chi connectivity index (χ1v) is 10.0. The number of nitrogens with zero attached hydrogens (tertiary/aromatic N) is 1. The Hall–Kier alpha value is -2.82. The monoisotopic (exact) mass is 441 g/mol. The molecule has 0 atom stereocenters. The molecule has 9 nitrogen and oxygen atoms in total. The third-order valence-corrected chi connectivity index (χ3v) is 5.93. The molecule has 0 radical (unpaired) electrons. The highest BCUT2D eigenvalue weighted by Crippen LogP contribution is 2.24. The average molecular weight is 442 g/mol. The predicted molar refractivity (Wildman–Crippen MR) is 106 cm³/mol. The standard InChI is InChI=1S/C18H20ClN3O6S/c1-22(29(25,26)14-7-4-12(19)5-8-14)11-17(23)20-21-18(24)15-9-6-13(27-2)10-16(15)28-3/h4-10H,11H2,1-3H3,(H,20,23)(H,21,24). The van der Waals surface area contributed by atoms with Crippen molar-refractivity contribution in [1.29, 1.82) is 0 Å². The normalized spacial score (nSPS) is 11.1. The predicted octanol–water partition coefficient (Wildman–Crippen LogP) is 1.44. The van der Waals surface area contributed by atoms with Crippen LogP contribution >= 0.6 is 11.6 Å². The fourth-order valence-electron chi connectivity index (χ4n) is 2.29. The molecule has 0 aliphatic heterocycles. The zero-order valence-electron chi connectivity index (χ0n) is 15.9. The van der Waals surface area contributed by atoms with Gasteiger partial charge in [-0.15, -0.1) is 0 Å². The van der Waals surface area contributed by atoms with Crippen LogP contribution in [0, 0.1) is 0 Å². The number of hydrazine groups is 1. The highest BCUT2D eigenvalue weighted by molar-refractivity contribution is 7.89. The second-order valence-electron chi connectivity index (χ2n) is 5.78. The summed E-state index contributed by atoms with van der Waals surface area (Å²) in [6.07, 6.45) is 0. The minimum Gasteiger partial charge on any atom is -0.497 e. The maximum absolute atomic E-state index is 12.5. The largest absolute Gasteiger partial charge is 0.497 e. The van der Waals surface area contributed by atoms with Crippen LogP contribution in [-0.4, -0.2) is 52.3 Å². The number of carbonyl (C=O) groups is 2. The number of halogens is 1. The van der Waals surface area contributed by atoms with E-state index < -0.39 is 28.4 Å². The molecule has 2 rings (SSSR count). The molecule has 29 heavy (non-hydrogen) atoms. The summed E-state index contributed by atoms with van der Waals surface area (Å²) in [5, 5.41) is 0.390. The van der Waals surface area contributed by atoms with Gasteiger partial charge in [0.1, 0.15) is 11.5 Å². The molecule has 0 aromatic heterocycles. The number of amides is 2. The maximum atomic E-state index is 12.5. The lowest BCUT2D eigenvalue weighted by Crippen LogP contribution is -2.46. The molecule has 0 heterocycles. The third kappa shape index (κ3) is 5.59. The Bertz CT molecular complexity index is 995. The number of carbonyl (C=O) groups excluding carboxylic acids is 2. The molecule has 0 aliphatic rings. The van der Waals surface area contributed by atoms with Crippen molar-refractivity contribution in [1.82, 2.24) is 15.2 Å². The molecule has 0 spiro atoms. The minimum absolute atomic E-state index is 0.01000. The van der Waals surface area contributed by atoms with Crippen LogP contribution in [-0.2, 0) is 14.8 Å². The lowest BCUT2D eigenvalue weighted by molar-refractivity contribution is -0.121. The van der Waals surface area contributed by atoms with Crippen LogP contribution in [0.4, 0.5) is 0 Å². The van der Waals surface area contributed by atoms with E-state index in [2.05, 4.69) is 10.9 Å². The SMILES string of the molecule is COc1ccc(C(=O)NNC(=O)CN(C)S(=O)(=O)c2ccc(Cl)cc2)c(OC)c1. The number of rotatable bonds is 7. The van der Waals surface area contributed by atoms with Crippen LogP contribution in [0.5, 0.6) is 11.5 Å². The van der Waals surface area contributed by atoms with Crippen LogP contribution in [0.25, 0.3) is 0 Å². The first-order valence-electron chi connectivity index (χ1n) is 8.22. The molecule has 2 amide bonds. The molecule has 156 valence electrons. The summed E-state index contributed by atoms with van der Waals surface area (Å²) in [7, 11) is 0.220. The van der Waals surface area contributed by atoms with Gasteiger partial charge in [0.2, 0.25) is 10.0 Å². The quantitative estimate of drug-likeness (QED) is 0.628. The fourth-order valence-corrected chi connectivity index (χ4v) is 3.55. The van der Waals surface area contributed by atoms with Crippen LogP contribution in [0.3, 0.4) is 0 Å². The smallest absolute Gasteiger partial charge is 0.273 e. The van der Waals surface area contributed by atoms with Gasteiger partial charge in [0.15, 0.2) is 0 Å². The van der Waals surface area contributed by atoms with Crippen molar-refractivity contribution in [2.45, 2.75) is 4.90 Å². The minimum atomic E-state index is -3.89. The lowest BCUT2D eigenvalue weighted by atomic mass is 10.2. The number of benzene rings is 2. The van der Waals surface area contributed by atoms with Gasteiger partial charge < -0.3 is 9.47 Å². The van der Waals surface area contributed by atoms with E-state index in [4.69, 9.17) is 21.1 Å². The maximum Gasteiger partial charge on any atom is 0.273 e. The Labute approximate surface area is 173 Å². The van der Waals surface area contributed by atoms with Crippen molar-refractivity contribution < 1.29 is 27.5 Å². The van der Waals surface area contributed by atoms with Gasteiger partial charge in [-0.05, 0) is 36.4 Å². The van der Waals surface area contributed by atoms with Crippen molar-refractivity contribution in [2.24, 2.45) is 0 Å². The number of methoxy groups -OCH3 is 2. The molecule has 2 N–H and O–H groups in total. The van der Waals surface area contributed by atoms with E-state index in [0.717, 1.165) is 4.31 Å². The van der Waals surface area contributed by atoms with Crippen molar-refractivity contribution in [2.75, 3.05) is 27.8 Å². The number of hydrogen-bond donors (Lipinski definition) is 2. The van der Waals surface area contributed by atoms with Gasteiger partial charge in [-0.1, -0.05) is 11.6 Å². The first-order chi connectivity index (χ1) is 13.7. The molecule has 2 aromatic carbocycles. The van der Waals surface area contributed by atoms with Gasteiger partial charge in [0, 0.05) is 18.1 Å². The Morgan fingerprint density at radius 2 is 1.69 bits per heavy atom. The lowest BCUT2D eigenvalue weighted by Gasteiger charge is -2.17. The van der Waals surface area contributed by atoms with E-state index in [-0.39, 0.29) is 16.2 Å². The number of nitrogens with one attached hydrogen (secondary N) is 2. The van der Waals surface area contributed by atoms with Gasteiger partial charge in [0.05, 0.1) is 31.2 Å². The van der Waals surface area contributed by atoms with Gasteiger partial charge in [0.25, 0.3) is 11.8 Å². The van der Waals surface area contributed by atoms with E-state index >= 15 is 0 Å². The summed E-state index contributed by atoms with van der Waals surface area (Å²) in [5.41, 5.74) is 4.55. The molecular formula is C18H20ClN3O6S. The zero-order chi connectivity index (χ0) is 21.6. The van der Waals surface area contributed by atoms with E-state index in [0.29, 0.717) is 10.8 Å². The average Bonchev–Trinajstić information content (AvgIpc) is 2.71. The van der Waals surface area contributed by atoms with Crippen molar-refractivity contribution >= 4 is 33.4 Å². The van der Waals surface area contributed by atoms with Crippen molar-refractivity contribution in [3.8, 4) is 11.5 Å². The number of sulfonamides is 1. The Kier molecular flexibility index (Phi) is 7.43. The molecule has 0 fully saturated rings. The molecular weight excluding hydrogens is 422 g/mol. The summed E-state index contributed by atoms with van der Waals surface area (Å²) in [5.74, 6) is -0.623. The van der Waals surface area contributed by atoms with E-state index in [1.54, 1.807) is 6.07 Å². The summed E-state index contributed by atoms with van der Waals surface area (Å²) in [4.78, 5) is 24.3. The molecule has 11 heteroatoms. The molecule has 0 saturated carbocycles. The van der Waals surface area contributed by atoms with E-state index in [9.17, 15) is 18.0 Å². The van der Waals surface area contributed by atoms with Gasteiger partial charge in [-0.2, -0.15) is 4.31 Å². The highest BCUT2D eigenvalue weighted by atomic mass is 35.5. The molecule has 0 aliphatic carbocycles. The van der Waals surface area contributed by atoms with Crippen LogP contribution in [0.2, 0.25) is 5.02 Å². The van der Waals surface area contributed by atoms with Crippen molar-refractivity contribution in [3.63, 3.8) is 0 Å². The molecule has 0 saturated heterocycles. The Morgan fingerprint density at radius 1 is 1.03 bits per heavy atom. The topological polar surface area (TPSA) is 114 Å². The van der Waals surface area contributed by atoms with Crippen LogP contribution in [0.15, 0.2) is 47.4 Å². The fraction of sp³-hybridized carbons (Fsp3) is 0.222. The summed E-state index contributed by atoms with van der Waals surface area (Å²) < 4.78 is 36.0. The van der Waals surface area contributed by atoms with Gasteiger partial charge in [-0.3, -0.25) is 20.4 Å². The summed E-state index contributed by atoms with van der Waals surface area (Å²) >= 11 is 5.76. The Morgan fingerprint density at radius 3 is 2.28 bits per heavy atom. The number of hydrogen-bond acceptors (Lipinski definition) is 6. The molecule has 0 bridgehead atoms. The van der Waals surface area contributed by atoms with Crippen LogP contribution < -0.4 is 20.3 Å². The summed E-state index contributed by atoms with van der Waals surface area (Å²) in [6, 6.07) is 10.1. The second kappa shape index (κ2) is 9.59.